The first kappa shape index (κ1) is 36.6. The van der Waals surface area contributed by atoms with E-state index in [0.29, 0.717) is 37.3 Å². The SMILES string of the molecule is Nc1ccc(NC(=O)[C@H]2CCCN2C(=O)[C@@H]2CCCN2C(=O)CC(c2ccccc2)(c2ccccc2)c2ccccc2)cc1.O=C(O)C(F)(F)F. The molecular weight excluding hydrogens is 661 g/mol. The summed E-state index contributed by atoms with van der Waals surface area (Å²) in [5.41, 5.74) is 9.36. The van der Waals surface area contributed by atoms with E-state index in [1.54, 1.807) is 34.1 Å². The predicted octanol–water partition coefficient (Wildman–Crippen LogP) is 6.25. The van der Waals surface area contributed by atoms with Crippen LogP contribution in [0.1, 0.15) is 48.8 Å². The average molecular weight is 701 g/mol. The van der Waals surface area contributed by atoms with Crippen molar-refractivity contribution in [3.8, 4) is 0 Å². The summed E-state index contributed by atoms with van der Waals surface area (Å²) in [4.78, 5) is 54.2. The van der Waals surface area contributed by atoms with Crippen molar-refractivity contribution < 1.29 is 37.5 Å². The number of nitrogens with one attached hydrogen (secondary N) is 1. The second-order valence-electron chi connectivity index (χ2n) is 12.5. The molecule has 0 bridgehead atoms. The molecule has 0 unspecified atom stereocenters. The quantitative estimate of drug-likeness (QED) is 0.147. The molecule has 0 aromatic heterocycles. The summed E-state index contributed by atoms with van der Waals surface area (Å²) in [6, 6.07) is 36.3. The Kier molecular flexibility index (Phi) is 11.4. The van der Waals surface area contributed by atoms with Crippen LogP contribution >= 0.6 is 0 Å². The first-order valence-corrected chi connectivity index (χ1v) is 16.6. The Hall–Kier alpha value is -5.65. The summed E-state index contributed by atoms with van der Waals surface area (Å²) in [6.45, 7) is 1.01. The Balaban J connectivity index is 0.000000654. The van der Waals surface area contributed by atoms with Gasteiger partial charge in [-0.3, -0.25) is 14.4 Å². The maximum Gasteiger partial charge on any atom is 0.490 e. The van der Waals surface area contributed by atoms with Crippen LogP contribution in [0.2, 0.25) is 0 Å². The second kappa shape index (κ2) is 15.9. The molecule has 2 aliphatic rings. The zero-order valence-corrected chi connectivity index (χ0v) is 27.8. The van der Waals surface area contributed by atoms with Crippen molar-refractivity contribution in [3.63, 3.8) is 0 Å². The summed E-state index contributed by atoms with van der Waals surface area (Å²) in [5.74, 6) is -3.18. The number of alkyl halides is 3. The number of carboxylic acids is 1. The molecule has 0 radical (unpaired) electrons. The molecule has 2 aliphatic heterocycles. The topological polar surface area (TPSA) is 133 Å². The van der Waals surface area contributed by atoms with E-state index in [2.05, 4.69) is 41.7 Å². The van der Waals surface area contributed by atoms with Gasteiger partial charge in [0.1, 0.15) is 12.1 Å². The number of likely N-dealkylation sites (tertiary alicyclic amines) is 2. The van der Waals surface area contributed by atoms with Crippen molar-refractivity contribution >= 4 is 35.1 Å². The van der Waals surface area contributed by atoms with Gasteiger partial charge in [-0.25, -0.2) is 4.79 Å². The molecule has 2 fully saturated rings. The predicted molar refractivity (Wildman–Crippen MR) is 186 cm³/mol. The summed E-state index contributed by atoms with van der Waals surface area (Å²) < 4.78 is 31.7. The van der Waals surface area contributed by atoms with Crippen LogP contribution in [0.4, 0.5) is 24.5 Å². The average Bonchev–Trinajstić information content (AvgIpc) is 3.84. The summed E-state index contributed by atoms with van der Waals surface area (Å²) >= 11 is 0. The number of halogens is 3. The van der Waals surface area contributed by atoms with Crippen LogP contribution in [-0.4, -0.2) is 69.9 Å². The fourth-order valence-electron chi connectivity index (χ4n) is 6.91. The van der Waals surface area contributed by atoms with Gasteiger partial charge >= 0.3 is 12.1 Å². The number of nitrogens with zero attached hydrogens (tertiary/aromatic N) is 2. The third-order valence-electron chi connectivity index (χ3n) is 9.33. The van der Waals surface area contributed by atoms with Crippen molar-refractivity contribution in [2.24, 2.45) is 0 Å². The minimum Gasteiger partial charge on any atom is -0.475 e. The van der Waals surface area contributed by atoms with E-state index < -0.39 is 29.6 Å². The van der Waals surface area contributed by atoms with Gasteiger partial charge in [-0.1, -0.05) is 91.0 Å². The molecule has 12 heteroatoms. The molecule has 0 saturated carbocycles. The van der Waals surface area contributed by atoms with E-state index in [1.165, 1.54) is 0 Å². The summed E-state index contributed by atoms with van der Waals surface area (Å²) in [7, 11) is 0. The van der Waals surface area contributed by atoms with E-state index in [-0.39, 0.29) is 24.1 Å². The van der Waals surface area contributed by atoms with Crippen molar-refractivity contribution in [1.29, 1.82) is 0 Å². The van der Waals surface area contributed by atoms with Gasteiger partial charge in [-0.2, -0.15) is 13.2 Å². The molecule has 2 atom stereocenters. The maximum atomic E-state index is 14.5. The van der Waals surface area contributed by atoms with Gasteiger partial charge < -0.3 is 26.0 Å². The summed E-state index contributed by atoms with van der Waals surface area (Å²) in [6.07, 6.45) is -2.25. The molecule has 9 nitrogen and oxygen atoms in total. The van der Waals surface area contributed by atoms with Crippen LogP contribution in [0.3, 0.4) is 0 Å². The molecule has 0 spiro atoms. The molecule has 4 aromatic rings. The highest BCUT2D eigenvalue weighted by Gasteiger charge is 2.45. The van der Waals surface area contributed by atoms with Gasteiger partial charge in [0.15, 0.2) is 0 Å². The van der Waals surface area contributed by atoms with E-state index in [4.69, 9.17) is 15.6 Å². The Morgan fingerprint density at radius 3 is 1.57 bits per heavy atom. The Labute approximate surface area is 293 Å². The fourth-order valence-corrected chi connectivity index (χ4v) is 6.91. The molecule has 4 aromatic carbocycles. The minimum atomic E-state index is -5.08. The molecule has 6 rings (SSSR count). The molecule has 2 saturated heterocycles. The van der Waals surface area contributed by atoms with E-state index in [9.17, 15) is 27.6 Å². The lowest BCUT2D eigenvalue weighted by Crippen LogP contribution is -2.52. The molecule has 2 heterocycles. The van der Waals surface area contributed by atoms with Crippen LogP contribution in [-0.2, 0) is 24.6 Å². The van der Waals surface area contributed by atoms with Crippen LogP contribution in [0, 0.1) is 0 Å². The van der Waals surface area contributed by atoms with E-state index in [0.717, 1.165) is 29.5 Å². The Morgan fingerprint density at radius 1 is 0.686 bits per heavy atom. The van der Waals surface area contributed by atoms with Crippen molar-refractivity contribution in [1.82, 2.24) is 9.80 Å². The standard InChI is InChI=1S/C37H38N4O3.C2HF3O2/c38-30-20-22-31(23-21-30)39-35(43)32-18-10-25-41(32)36(44)33-19-11-24-40(33)34(42)26-37(27-12-4-1-5-13-27,28-14-6-2-7-15-28)29-16-8-3-9-17-29;3-2(4,5)1(6)7/h1-9,12-17,20-23,32-33H,10-11,18-19,24-26,38H2,(H,39,43);(H,6,7)/t32-,33+;/m1./s1. The minimum absolute atomic E-state index is 0.0699. The number of nitrogens with two attached hydrogens (primary N) is 1. The number of aliphatic carboxylic acids is 1. The zero-order valence-electron chi connectivity index (χ0n) is 27.8. The molecule has 3 amide bonds. The van der Waals surface area contributed by atoms with Gasteiger partial charge in [-0.15, -0.1) is 0 Å². The third-order valence-corrected chi connectivity index (χ3v) is 9.33. The largest absolute Gasteiger partial charge is 0.490 e. The molecule has 51 heavy (non-hydrogen) atoms. The molecule has 0 aliphatic carbocycles. The van der Waals surface area contributed by atoms with Gasteiger partial charge in [0, 0.05) is 30.9 Å². The van der Waals surface area contributed by atoms with Crippen LogP contribution in [0.5, 0.6) is 0 Å². The number of anilines is 2. The lowest BCUT2D eigenvalue weighted by molar-refractivity contribution is -0.192. The summed E-state index contributed by atoms with van der Waals surface area (Å²) in [5, 5.41) is 10.1. The van der Waals surface area contributed by atoms with Crippen LogP contribution in [0.25, 0.3) is 0 Å². The molecule has 4 N–H and O–H groups in total. The monoisotopic (exact) mass is 700 g/mol. The van der Waals surface area contributed by atoms with E-state index in [1.807, 2.05) is 54.6 Å². The van der Waals surface area contributed by atoms with Crippen LogP contribution < -0.4 is 11.1 Å². The molecule has 266 valence electrons. The first-order chi connectivity index (χ1) is 24.4. The number of benzene rings is 4. The number of carbonyl (C=O) groups excluding carboxylic acids is 3. The lowest BCUT2D eigenvalue weighted by Gasteiger charge is -2.38. The van der Waals surface area contributed by atoms with Gasteiger partial charge in [0.25, 0.3) is 0 Å². The number of amides is 3. The van der Waals surface area contributed by atoms with Crippen molar-refractivity contribution in [3.05, 3.63) is 132 Å². The van der Waals surface area contributed by atoms with E-state index >= 15 is 0 Å². The number of nitrogen functional groups attached to an aromatic ring is 1. The first-order valence-electron chi connectivity index (χ1n) is 16.6. The zero-order chi connectivity index (χ0) is 36.6. The fraction of sp³-hybridized carbons (Fsp3) is 0.282. The highest BCUT2D eigenvalue weighted by atomic mass is 19.4. The highest BCUT2D eigenvalue weighted by Crippen LogP contribution is 2.43. The Morgan fingerprint density at radius 2 is 1.12 bits per heavy atom. The number of hydrogen-bond acceptors (Lipinski definition) is 5. The third kappa shape index (κ3) is 8.39. The number of hydrogen-bond donors (Lipinski definition) is 3. The number of rotatable bonds is 8. The van der Waals surface area contributed by atoms with Gasteiger partial charge in [-0.05, 0) is 66.6 Å². The van der Waals surface area contributed by atoms with Crippen molar-refractivity contribution in [2.45, 2.75) is 55.8 Å². The highest BCUT2D eigenvalue weighted by molar-refractivity contribution is 5.99. The van der Waals surface area contributed by atoms with Gasteiger partial charge in [0.2, 0.25) is 17.7 Å². The second-order valence-corrected chi connectivity index (χ2v) is 12.5. The number of carboxylic acid groups (broad SMARTS) is 1. The normalized spacial score (nSPS) is 17.3. The van der Waals surface area contributed by atoms with Crippen molar-refractivity contribution in [2.75, 3.05) is 24.1 Å². The smallest absolute Gasteiger partial charge is 0.475 e. The lowest BCUT2D eigenvalue weighted by atomic mass is 9.67. The van der Waals surface area contributed by atoms with Gasteiger partial charge in [0.05, 0.1) is 5.41 Å². The Bertz CT molecular complexity index is 1710. The maximum absolute atomic E-state index is 14.5. The number of carbonyl (C=O) groups is 4. The van der Waals surface area contributed by atoms with Crippen LogP contribution in [0.15, 0.2) is 115 Å². The molecular formula is C39H39F3N4O5.